The molecule has 0 unspecified atom stereocenters. The molecule has 4 rings (SSSR count). The van der Waals surface area contributed by atoms with Gasteiger partial charge in [-0.15, -0.1) is 0 Å². The maximum absolute atomic E-state index is 12.5. The van der Waals surface area contributed by atoms with Crippen molar-refractivity contribution in [2.75, 3.05) is 14.1 Å². The number of amides is 1. The summed E-state index contributed by atoms with van der Waals surface area (Å²) in [5.41, 5.74) is 3.51. The fourth-order valence-corrected chi connectivity index (χ4v) is 3.61. The van der Waals surface area contributed by atoms with Gasteiger partial charge in [0, 0.05) is 26.5 Å². The van der Waals surface area contributed by atoms with Crippen molar-refractivity contribution in [1.29, 1.82) is 0 Å². The van der Waals surface area contributed by atoms with E-state index in [0.29, 0.717) is 11.6 Å². The zero-order valence-corrected chi connectivity index (χ0v) is 14.1. The predicted molar refractivity (Wildman–Crippen MR) is 94.1 cm³/mol. The Morgan fingerprint density at radius 1 is 1.17 bits per heavy atom. The lowest BCUT2D eigenvalue weighted by Crippen LogP contribution is -2.21. The Labute approximate surface area is 141 Å². The lowest BCUT2D eigenvalue weighted by Gasteiger charge is -2.08. The summed E-state index contributed by atoms with van der Waals surface area (Å²) in [5.74, 6) is 0.0141. The minimum Gasteiger partial charge on any atom is -0.345 e. The second-order valence-corrected chi connectivity index (χ2v) is 6.72. The molecule has 0 aliphatic heterocycles. The highest BCUT2D eigenvalue weighted by molar-refractivity contribution is 6.02. The van der Waals surface area contributed by atoms with Gasteiger partial charge in [-0.05, 0) is 37.1 Å². The number of rotatable bonds is 3. The normalized spacial score (nSPS) is 15.2. The molecule has 0 N–H and O–H groups in total. The molecule has 0 spiro atoms. The molecule has 5 heteroatoms. The molecule has 1 aliphatic rings. The summed E-state index contributed by atoms with van der Waals surface area (Å²) >= 11 is 0. The zero-order chi connectivity index (χ0) is 16.7. The van der Waals surface area contributed by atoms with Crippen molar-refractivity contribution in [1.82, 2.24) is 19.1 Å². The summed E-state index contributed by atoms with van der Waals surface area (Å²) in [6, 6.07) is 10.5. The minimum atomic E-state index is 0.0141. The number of pyridine rings is 1. The van der Waals surface area contributed by atoms with E-state index in [0.717, 1.165) is 16.9 Å². The van der Waals surface area contributed by atoms with Crippen molar-refractivity contribution < 1.29 is 4.79 Å². The van der Waals surface area contributed by atoms with Crippen LogP contribution in [0, 0.1) is 0 Å². The number of hydrogen-bond donors (Lipinski definition) is 0. The average molecular weight is 322 g/mol. The van der Waals surface area contributed by atoms with Crippen LogP contribution in [0.5, 0.6) is 0 Å². The molecule has 5 nitrogen and oxygen atoms in total. The van der Waals surface area contributed by atoms with Crippen LogP contribution in [0.4, 0.5) is 0 Å². The van der Waals surface area contributed by atoms with E-state index in [1.54, 1.807) is 19.0 Å². The Balaban J connectivity index is 1.81. The Hall–Kier alpha value is -2.56. The van der Waals surface area contributed by atoms with Gasteiger partial charge >= 0.3 is 0 Å². The number of nitrogens with zero attached hydrogens (tertiary/aromatic N) is 4. The molecular weight excluding hydrogens is 300 g/mol. The van der Waals surface area contributed by atoms with Gasteiger partial charge in [-0.3, -0.25) is 9.48 Å². The lowest BCUT2D eigenvalue weighted by atomic mass is 10.2. The molecular formula is C19H22N4O. The van der Waals surface area contributed by atoms with Crippen molar-refractivity contribution in [3.05, 3.63) is 48.3 Å². The molecule has 3 aromatic rings. The Morgan fingerprint density at radius 2 is 1.96 bits per heavy atom. The van der Waals surface area contributed by atoms with Crippen LogP contribution in [0.1, 0.15) is 42.1 Å². The van der Waals surface area contributed by atoms with Crippen molar-refractivity contribution in [2.45, 2.75) is 31.7 Å². The first-order valence-electron chi connectivity index (χ1n) is 8.52. The van der Waals surface area contributed by atoms with Gasteiger partial charge in [0.05, 0.1) is 22.8 Å². The predicted octanol–water partition coefficient (Wildman–Crippen LogP) is 3.62. The van der Waals surface area contributed by atoms with Crippen molar-refractivity contribution in [3.63, 3.8) is 0 Å². The molecule has 0 bridgehead atoms. The van der Waals surface area contributed by atoms with Crippen LogP contribution in [0.2, 0.25) is 0 Å². The van der Waals surface area contributed by atoms with Crippen LogP contribution >= 0.6 is 0 Å². The highest BCUT2D eigenvalue weighted by Gasteiger charge is 2.21. The van der Waals surface area contributed by atoms with Gasteiger partial charge < -0.3 is 9.30 Å². The minimum absolute atomic E-state index is 0.0141. The van der Waals surface area contributed by atoms with Crippen LogP contribution < -0.4 is 0 Å². The second kappa shape index (κ2) is 5.82. The lowest BCUT2D eigenvalue weighted by molar-refractivity contribution is 0.0829. The molecule has 1 saturated carbocycles. The van der Waals surface area contributed by atoms with E-state index in [1.165, 1.54) is 25.7 Å². The van der Waals surface area contributed by atoms with Crippen LogP contribution in [0.3, 0.4) is 0 Å². The molecule has 24 heavy (non-hydrogen) atoms. The molecule has 0 atom stereocenters. The van der Waals surface area contributed by atoms with Gasteiger partial charge in [-0.2, -0.15) is 5.10 Å². The van der Waals surface area contributed by atoms with Crippen molar-refractivity contribution in [3.8, 4) is 11.4 Å². The van der Waals surface area contributed by atoms with E-state index in [4.69, 9.17) is 5.10 Å². The molecule has 0 radical (unpaired) electrons. The number of hydrogen-bond acceptors (Lipinski definition) is 2. The van der Waals surface area contributed by atoms with Gasteiger partial charge in [0.15, 0.2) is 0 Å². The Bertz CT molecular complexity index is 884. The van der Waals surface area contributed by atoms with Gasteiger partial charge in [0.25, 0.3) is 5.91 Å². The fraction of sp³-hybridized carbons (Fsp3) is 0.368. The Kier molecular flexibility index (Phi) is 3.63. The molecule has 1 aliphatic carbocycles. The Morgan fingerprint density at radius 3 is 2.71 bits per heavy atom. The SMILES string of the molecule is CN(C)C(=O)c1cc(-c2ccn(C3CCCC3)n2)n2ccccc12. The molecule has 3 heterocycles. The first kappa shape index (κ1) is 15.0. The summed E-state index contributed by atoms with van der Waals surface area (Å²) in [4.78, 5) is 14.1. The van der Waals surface area contributed by atoms with E-state index in [1.807, 2.05) is 30.5 Å². The molecule has 0 saturated heterocycles. The van der Waals surface area contributed by atoms with Crippen LogP contribution in [0.25, 0.3) is 16.9 Å². The standard InChI is InChI=1S/C19H22N4O/c1-21(2)19(24)15-13-18(22-11-6-5-9-17(15)22)16-10-12-23(20-16)14-7-3-4-8-14/h5-6,9-14H,3-4,7-8H2,1-2H3. The third-order valence-electron chi connectivity index (χ3n) is 4.88. The van der Waals surface area contributed by atoms with Gasteiger partial charge in [0.1, 0.15) is 5.69 Å². The molecule has 124 valence electrons. The maximum atomic E-state index is 12.5. The molecule has 0 aromatic carbocycles. The summed E-state index contributed by atoms with van der Waals surface area (Å²) in [7, 11) is 3.56. The van der Waals surface area contributed by atoms with Crippen molar-refractivity contribution in [2.24, 2.45) is 0 Å². The van der Waals surface area contributed by atoms with E-state index in [2.05, 4.69) is 21.3 Å². The van der Waals surface area contributed by atoms with Crippen LogP contribution in [0.15, 0.2) is 42.7 Å². The smallest absolute Gasteiger partial charge is 0.255 e. The van der Waals surface area contributed by atoms with Gasteiger partial charge in [-0.1, -0.05) is 18.9 Å². The third-order valence-corrected chi connectivity index (χ3v) is 4.88. The van der Waals surface area contributed by atoms with Crippen LogP contribution in [-0.2, 0) is 0 Å². The summed E-state index contributed by atoms with van der Waals surface area (Å²) in [6.07, 6.45) is 9.05. The van der Waals surface area contributed by atoms with Gasteiger partial charge in [0.2, 0.25) is 0 Å². The quantitative estimate of drug-likeness (QED) is 0.739. The largest absolute Gasteiger partial charge is 0.345 e. The van der Waals surface area contributed by atoms with Crippen LogP contribution in [-0.4, -0.2) is 39.1 Å². The summed E-state index contributed by atoms with van der Waals surface area (Å²) in [6.45, 7) is 0. The number of fused-ring (bicyclic) bond motifs is 1. The monoisotopic (exact) mass is 322 g/mol. The maximum Gasteiger partial charge on any atom is 0.255 e. The number of aromatic nitrogens is 3. The van der Waals surface area contributed by atoms with E-state index in [9.17, 15) is 4.79 Å². The van der Waals surface area contributed by atoms with Gasteiger partial charge in [-0.25, -0.2) is 0 Å². The third kappa shape index (κ3) is 2.40. The first-order valence-corrected chi connectivity index (χ1v) is 8.52. The molecule has 1 amide bonds. The summed E-state index contributed by atoms with van der Waals surface area (Å²) < 4.78 is 4.15. The second-order valence-electron chi connectivity index (χ2n) is 6.72. The first-order chi connectivity index (χ1) is 11.6. The fourth-order valence-electron chi connectivity index (χ4n) is 3.61. The topological polar surface area (TPSA) is 42.5 Å². The van der Waals surface area contributed by atoms with E-state index >= 15 is 0 Å². The number of carbonyl (C=O) groups is 1. The summed E-state index contributed by atoms with van der Waals surface area (Å²) in [5, 5.41) is 4.80. The highest BCUT2D eigenvalue weighted by atomic mass is 16.2. The average Bonchev–Trinajstić information content (AvgIpc) is 3.31. The highest BCUT2D eigenvalue weighted by Crippen LogP contribution is 2.31. The van der Waals surface area contributed by atoms with E-state index < -0.39 is 0 Å². The van der Waals surface area contributed by atoms with E-state index in [-0.39, 0.29) is 5.91 Å². The number of carbonyl (C=O) groups excluding carboxylic acids is 1. The van der Waals surface area contributed by atoms with Crippen molar-refractivity contribution >= 4 is 11.4 Å². The molecule has 1 fully saturated rings. The zero-order valence-electron chi connectivity index (χ0n) is 14.1. The molecule has 3 aromatic heterocycles.